The Morgan fingerprint density at radius 2 is 1.95 bits per heavy atom. The Morgan fingerprint density at radius 1 is 1.15 bits per heavy atom. The van der Waals surface area contributed by atoms with Gasteiger partial charge in [0.25, 0.3) is 0 Å². The molecule has 2 aliphatic rings. The molecule has 2 fully saturated rings. The maximum absolute atomic E-state index is 6.05. The first-order valence-electron chi connectivity index (χ1n) is 7.70. The van der Waals surface area contributed by atoms with E-state index in [0.717, 1.165) is 25.0 Å². The summed E-state index contributed by atoms with van der Waals surface area (Å²) in [7, 11) is 0. The van der Waals surface area contributed by atoms with E-state index in [0.29, 0.717) is 12.0 Å². The molecule has 5 nitrogen and oxygen atoms in total. The lowest BCUT2D eigenvalue weighted by Crippen LogP contribution is -2.47. The van der Waals surface area contributed by atoms with Gasteiger partial charge in [0.1, 0.15) is 0 Å². The number of halogens is 1. The molecule has 0 bridgehead atoms. The summed E-state index contributed by atoms with van der Waals surface area (Å²) < 4.78 is 0. The van der Waals surface area contributed by atoms with Gasteiger partial charge >= 0.3 is 0 Å². The van der Waals surface area contributed by atoms with Gasteiger partial charge in [-0.1, -0.05) is 12.8 Å². The number of aromatic nitrogens is 3. The lowest BCUT2D eigenvalue weighted by molar-refractivity contribution is 0.241. The Bertz CT molecular complexity index is 465. The third kappa shape index (κ3) is 2.82. The molecule has 1 aliphatic heterocycles. The lowest BCUT2D eigenvalue weighted by atomic mass is 9.78. The molecule has 1 saturated carbocycles. The average Bonchev–Trinajstić information content (AvgIpc) is 2.46. The highest BCUT2D eigenvalue weighted by Crippen LogP contribution is 2.36. The van der Waals surface area contributed by atoms with E-state index < -0.39 is 0 Å². The van der Waals surface area contributed by atoms with Crippen molar-refractivity contribution in [3.63, 3.8) is 0 Å². The fraction of sp³-hybridized carbons (Fsp3) is 0.786. The quantitative estimate of drug-likeness (QED) is 0.928. The van der Waals surface area contributed by atoms with E-state index in [4.69, 9.17) is 11.6 Å². The van der Waals surface area contributed by atoms with Gasteiger partial charge in [0.2, 0.25) is 17.2 Å². The molecule has 1 N–H and O–H groups in total. The smallest absolute Gasteiger partial charge is 0.231 e. The van der Waals surface area contributed by atoms with Gasteiger partial charge in [0, 0.05) is 19.1 Å². The second-order valence-electron chi connectivity index (χ2n) is 5.71. The molecule has 0 radical (unpaired) electrons. The van der Waals surface area contributed by atoms with Crippen molar-refractivity contribution in [2.75, 3.05) is 23.3 Å². The fourth-order valence-electron chi connectivity index (χ4n) is 3.58. The zero-order chi connectivity index (χ0) is 13.9. The van der Waals surface area contributed by atoms with Crippen molar-refractivity contribution in [2.24, 2.45) is 5.92 Å². The summed E-state index contributed by atoms with van der Waals surface area (Å²) in [5, 5.41) is 3.41. The lowest BCUT2D eigenvalue weighted by Gasteiger charge is -2.44. The van der Waals surface area contributed by atoms with Crippen molar-refractivity contribution >= 4 is 23.5 Å². The first kappa shape index (κ1) is 13.9. The number of fused-ring (bicyclic) bond motifs is 1. The van der Waals surface area contributed by atoms with Crippen LogP contribution >= 0.6 is 11.6 Å². The van der Waals surface area contributed by atoms with E-state index in [1.165, 1.54) is 38.5 Å². The van der Waals surface area contributed by atoms with E-state index in [1.807, 2.05) is 6.92 Å². The highest BCUT2D eigenvalue weighted by molar-refractivity contribution is 6.28. The minimum atomic E-state index is 0.281. The van der Waals surface area contributed by atoms with E-state index in [9.17, 15) is 0 Å². The van der Waals surface area contributed by atoms with Crippen LogP contribution < -0.4 is 10.2 Å². The van der Waals surface area contributed by atoms with Crippen LogP contribution in [0.2, 0.25) is 5.28 Å². The van der Waals surface area contributed by atoms with E-state index in [1.54, 1.807) is 0 Å². The largest absolute Gasteiger partial charge is 0.354 e. The molecule has 0 unspecified atom stereocenters. The molecule has 110 valence electrons. The van der Waals surface area contributed by atoms with Gasteiger partial charge in [-0.3, -0.25) is 0 Å². The summed E-state index contributed by atoms with van der Waals surface area (Å²) in [6.45, 7) is 3.84. The van der Waals surface area contributed by atoms with Crippen LogP contribution in [0.15, 0.2) is 0 Å². The number of anilines is 2. The monoisotopic (exact) mass is 295 g/mol. The minimum Gasteiger partial charge on any atom is -0.354 e. The van der Waals surface area contributed by atoms with Gasteiger partial charge in [-0.25, -0.2) is 0 Å². The standard InChI is InChI=1S/C14H22ClN5/c1-2-16-13-17-12(15)18-14(19-13)20-9-5-7-10-6-3-4-8-11(10)20/h10-11H,2-9H2,1H3,(H,16,17,18,19)/t10-,11-/m1/s1. The Morgan fingerprint density at radius 3 is 2.80 bits per heavy atom. The third-order valence-corrected chi connectivity index (χ3v) is 4.60. The topological polar surface area (TPSA) is 53.9 Å². The van der Waals surface area contributed by atoms with Crippen LogP contribution in [0.4, 0.5) is 11.9 Å². The number of nitrogens with one attached hydrogen (secondary N) is 1. The molecule has 0 spiro atoms. The van der Waals surface area contributed by atoms with Crippen LogP contribution in [-0.2, 0) is 0 Å². The highest BCUT2D eigenvalue weighted by atomic mass is 35.5. The zero-order valence-corrected chi connectivity index (χ0v) is 12.7. The predicted octanol–water partition coefficient (Wildman–Crippen LogP) is 3.12. The van der Waals surface area contributed by atoms with Crippen LogP contribution in [0, 0.1) is 5.92 Å². The molecule has 1 aromatic rings. The average molecular weight is 296 g/mol. The molecule has 1 saturated heterocycles. The second kappa shape index (κ2) is 6.12. The Kier molecular flexibility index (Phi) is 4.24. The predicted molar refractivity (Wildman–Crippen MR) is 81.3 cm³/mol. The molecule has 20 heavy (non-hydrogen) atoms. The molecule has 1 aliphatic carbocycles. The van der Waals surface area contributed by atoms with Crippen molar-refractivity contribution in [1.82, 2.24) is 15.0 Å². The minimum absolute atomic E-state index is 0.281. The fourth-order valence-corrected chi connectivity index (χ4v) is 3.73. The number of nitrogens with zero attached hydrogens (tertiary/aromatic N) is 4. The summed E-state index contributed by atoms with van der Waals surface area (Å²) >= 11 is 6.05. The van der Waals surface area contributed by atoms with Gasteiger partial charge in [-0.15, -0.1) is 0 Å². The summed E-state index contributed by atoms with van der Waals surface area (Å²) in [6, 6.07) is 0.588. The molecule has 2 heterocycles. The molecule has 1 aromatic heterocycles. The van der Waals surface area contributed by atoms with Crippen LogP contribution in [0.1, 0.15) is 45.4 Å². The van der Waals surface area contributed by atoms with Gasteiger partial charge in [0.05, 0.1) is 0 Å². The van der Waals surface area contributed by atoms with Gasteiger partial charge in [-0.05, 0) is 50.1 Å². The zero-order valence-electron chi connectivity index (χ0n) is 12.0. The molecular formula is C14H22ClN5. The van der Waals surface area contributed by atoms with E-state index in [2.05, 4.69) is 25.2 Å². The second-order valence-corrected chi connectivity index (χ2v) is 6.04. The van der Waals surface area contributed by atoms with E-state index >= 15 is 0 Å². The van der Waals surface area contributed by atoms with Gasteiger partial charge in [-0.2, -0.15) is 15.0 Å². The normalized spacial score (nSPS) is 26.2. The SMILES string of the molecule is CCNc1nc(Cl)nc(N2CCC[C@H]3CCCC[C@H]32)n1. The van der Waals surface area contributed by atoms with Crippen molar-refractivity contribution in [3.05, 3.63) is 5.28 Å². The van der Waals surface area contributed by atoms with Crippen LogP contribution in [0.3, 0.4) is 0 Å². The van der Waals surface area contributed by atoms with E-state index in [-0.39, 0.29) is 5.28 Å². The highest BCUT2D eigenvalue weighted by Gasteiger charge is 2.34. The summed E-state index contributed by atoms with van der Waals surface area (Å²) in [5.41, 5.74) is 0. The summed E-state index contributed by atoms with van der Waals surface area (Å²) in [4.78, 5) is 15.4. The molecule has 3 rings (SSSR count). The Hall–Kier alpha value is -1.10. The van der Waals surface area contributed by atoms with Crippen LogP contribution in [0.25, 0.3) is 0 Å². The molecule has 0 amide bonds. The number of piperidine rings is 1. The van der Waals surface area contributed by atoms with Crippen molar-refractivity contribution in [2.45, 2.75) is 51.5 Å². The Labute approximate surface area is 125 Å². The van der Waals surface area contributed by atoms with Gasteiger partial charge < -0.3 is 10.2 Å². The number of hydrogen-bond acceptors (Lipinski definition) is 5. The van der Waals surface area contributed by atoms with Gasteiger partial charge in [0.15, 0.2) is 0 Å². The molecular weight excluding hydrogens is 274 g/mol. The van der Waals surface area contributed by atoms with Crippen LogP contribution in [-0.4, -0.2) is 34.1 Å². The number of hydrogen-bond donors (Lipinski definition) is 1. The first-order chi connectivity index (χ1) is 9.78. The number of rotatable bonds is 3. The molecule has 0 aromatic carbocycles. The third-order valence-electron chi connectivity index (χ3n) is 4.43. The molecule has 2 atom stereocenters. The van der Waals surface area contributed by atoms with Crippen molar-refractivity contribution in [3.8, 4) is 0 Å². The van der Waals surface area contributed by atoms with Crippen molar-refractivity contribution in [1.29, 1.82) is 0 Å². The summed E-state index contributed by atoms with van der Waals surface area (Å²) in [5.74, 6) is 2.13. The Balaban J connectivity index is 1.86. The first-order valence-corrected chi connectivity index (χ1v) is 8.08. The van der Waals surface area contributed by atoms with Crippen LogP contribution in [0.5, 0.6) is 0 Å². The maximum Gasteiger partial charge on any atom is 0.231 e. The molecule has 6 heteroatoms. The maximum atomic E-state index is 6.05. The van der Waals surface area contributed by atoms with Crippen molar-refractivity contribution < 1.29 is 0 Å². The summed E-state index contributed by atoms with van der Waals surface area (Å²) in [6.07, 6.45) is 7.86.